The number of hydrogen-bond donors (Lipinski definition) is 0. The van der Waals surface area contributed by atoms with Crippen LogP contribution < -0.4 is 4.74 Å². The number of halogens is 2. The van der Waals surface area contributed by atoms with E-state index in [4.69, 9.17) is 16.3 Å². The third kappa shape index (κ3) is 3.14. The summed E-state index contributed by atoms with van der Waals surface area (Å²) in [7, 11) is 1.54. The molecule has 2 nitrogen and oxygen atoms in total. The number of hydrogen-bond acceptors (Lipinski definition) is 2. The molecule has 0 amide bonds. The molecule has 3 rings (SSSR count). The molecular weight excluding hydrogens is 325 g/mol. The molecule has 0 spiro atoms. The second-order valence-electron chi connectivity index (χ2n) is 7.20. The molecule has 4 heteroatoms. The number of rotatable bonds is 4. The smallest absolute Gasteiger partial charge is 0.213 e. The maximum atomic E-state index is 14.5. The molecule has 1 fully saturated rings. The second-order valence-corrected chi connectivity index (χ2v) is 7.46. The molecule has 2 aromatic rings. The lowest BCUT2D eigenvalue weighted by Gasteiger charge is -2.29. The summed E-state index contributed by atoms with van der Waals surface area (Å²) in [4.78, 5) is 3.95. The molecule has 0 saturated heterocycles. The van der Waals surface area contributed by atoms with Crippen molar-refractivity contribution in [2.45, 2.75) is 44.9 Å². The SMILES string of the molecule is COc1cc(-c2ccc(CCl)cc2[C@@H]2CCCC2(C)C)c(F)cn1. The van der Waals surface area contributed by atoms with Crippen LogP contribution in [0.3, 0.4) is 0 Å². The highest BCUT2D eigenvalue weighted by molar-refractivity contribution is 6.17. The lowest BCUT2D eigenvalue weighted by molar-refractivity contribution is 0.332. The van der Waals surface area contributed by atoms with Gasteiger partial charge >= 0.3 is 0 Å². The van der Waals surface area contributed by atoms with Crippen LogP contribution in [0.2, 0.25) is 0 Å². The summed E-state index contributed by atoms with van der Waals surface area (Å²) in [5.41, 5.74) is 3.91. The summed E-state index contributed by atoms with van der Waals surface area (Å²) in [5.74, 6) is 0.952. The number of aromatic nitrogens is 1. The zero-order valence-electron chi connectivity index (χ0n) is 14.4. The van der Waals surface area contributed by atoms with Crippen LogP contribution in [0.4, 0.5) is 4.39 Å². The first kappa shape index (κ1) is 17.2. The van der Waals surface area contributed by atoms with E-state index in [1.54, 1.807) is 13.2 Å². The van der Waals surface area contributed by atoms with E-state index in [-0.39, 0.29) is 11.2 Å². The lowest BCUT2D eigenvalue weighted by Crippen LogP contribution is -2.16. The molecule has 0 unspecified atom stereocenters. The Morgan fingerprint density at radius 1 is 1.29 bits per heavy atom. The van der Waals surface area contributed by atoms with Crippen molar-refractivity contribution in [3.05, 3.63) is 47.4 Å². The Balaban J connectivity index is 2.18. The summed E-state index contributed by atoms with van der Waals surface area (Å²) < 4.78 is 19.7. The van der Waals surface area contributed by atoms with Gasteiger partial charge in [0.25, 0.3) is 0 Å². The molecule has 0 aliphatic heterocycles. The Kier molecular flexibility index (Phi) is 4.82. The van der Waals surface area contributed by atoms with E-state index in [0.29, 0.717) is 23.2 Å². The van der Waals surface area contributed by atoms with Gasteiger partial charge in [-0.2, -0.15) is 0 Å². The summed E-state index contributed by atoms with van der Waals surface area (Å²) in [6.45, 7) is 4.59. The molecule has 1 saturated carbocycles. The number of pyridine rings is 1. The average Bonchev–Trinajstić information content (AvgIpc) is 2.94. The third-order valence-corrected chi connectivity index (χ3v) is 5.54. The first-order valence-corrected chi connectivity index (χ1v) is 8.88. The zero-order chi connectivity index (χ0) is 17.3. The summed E-state index contributed by atoms with van der Waals surface area (Å²) >= 11 is 6.05. The van der Waals surface area contributed by atoms with Crippen LogP contribution in [0.15, 0.2) is 30.5 Å². The van der Waals surface area contributed by atoms with Gasteiger partial charge in [-0.25, -0.2) is 9.37 Å². The highest BCUT2D eigenvalue weighted by Crippen LogP contribution is 2.51. The first-order chi connectivity index (χ1) is 11.5. The number of nitrogens with zero attached hydrogens (tertiary/aromatic N) is 1. The van der Waals surface area contributed by atoms with Crippen LogP contribution >= 0.6 is 11.6 Å². The molecule has 1 aliphatic carbocycles. The van der Waals surface area contributed by atoms with Gasteiger partial charge in [-0.15, -0.1) is 11.6 Å². The van der Waals surface area contributed by atoms with Gasteiger partial charge in [0.1, 0.15) is 5.82 Å². The Labute approximate surface area is 148 Å². The van der Waals surface area contributed by atoms with Crippen molar-refractivity contribution in [3.63, 3.8) is 0 Å². The average molecular weight is 348 g/mol. The van der Waals surface area contributed by atoms with Crippen molar-refractivity contribution in [2.75, 3.05) is 7.11 Å². The highest BCUT2D eigenvalue weighted by atomic mass is 35.5. The molecule has 1 aromatic heterocycles. The fraction of sp³-hybridized carbons (Fsp3) is 0.450. The van der Waals surface area contributed by atoms with Crippen LogP contribution in [0.5, 0.6) is 5.88 Å². The molecule has 0 radical (unpaired) electrons. The van der Waals surface area contributed by atoms with Crippen molar-refractivity contribution in [1.29, 1.82) is 0 Å². The van der Waals surface area contributed by atoms with Crippen LogP contribution in [0.25, 0.3) is 11.1 Å². The van der Waals surface area contributed by atoms with E-state index in [0.717, 1.165) is 17.5 Å². The Morgan fingerprint density at radius 3 is 2.71 bits per heavy atom. The number of alkyl halides is 1. The van der Waals surface area contributed by atoms with Gasteiger partial charge < -0.3 is 4.74 Å². The van der Waals surface area contributed by atoms with Gasteiger partial charge in [0, 0.05) is 17.5 Å². The lowest BCUT2D eigenvalue weighted by atomic mass is 9.75. The molecular formula is C20H23ClFNO. The fourth-order valence-corrected chi connectivity index (χ4v) is 4.04. The Bertz CT molecular complexity index is 744. The van der Waals surface area contributed by atoms with Gasteiger partial charge in [0.2, 0.25) is 5.88 Å². The van der Waals surface area contributed by atoms with E-state index >= 15 is 0 Å². The topological polar surface area (TPSA) is 22.1 Å². The summed E-state index contributed by atoms with van der Waals surface area (Å²) in [6.07, 6.45) is 4.73. The molecule has 1 heterocycles. The normalized spacial score (nSPS) is 19.5. The van der Waals surface area contributed by atoms with Gasteiger partial charge in [-0.1, -0.05) is 38.5 Å². The van der Waals surface area contributed by atoms with Gasteiger partial charge in [-0.05, 0) is 40.9 Å². The molecule has 1 aromatic carbocycles. The van der Waals surface area contributed by atoms with E-state index in [2.05, 4.69) is 24.9 Å². The molecule has 0 N–H and O–H groups in total. The number of ether oxygens (including phenoxy) is 1. The zero-order valence-corrected chi connectivity index (χ0v) is 15.2. The predicted molar refractivity (Wildman–Crippen MR) is 96.1 cm³/mol. The maximum Gasteiger partial charge on any atom is 0.213 e. The minimum atomic E-state index is -0.327. The Morgan fingerprint density at radius 2 is 2.08 bits per heavy atom. The van der Waals surface area contributed by atoms with Gasteiger partial charge in [0.15, 0.2) is 0 Å². The van der Waals surface area contributed by atoms with Gasteiger partial charge in [0.05, 0.1) is 13.3 Å². The van der Waals surface area contributed by atoms with Crippen molar-refractivity contribution < 1.29 is 9.13 Å². The molecule has 0 bridgehead atoms. The van der Waals surface area contributed by atoms with Crippen molar-refractivity contribution >= 4 is 11.6 Å². The minimum Gasteiger partial charge on any atom is -0.481 e. The number of benzene rings is 1. The van der Waals surface area contributed by atoms with Crippen molar-refractivity contribution in [2.24, 2.45) is 5.41 Å². The quantitative estimate of drug-likeness (QED) is 0.639. The monoisotopic (exact) mass is 347 g/mol. The maximum absolute atomic E-state index is 14.5. The van der Waals surface area contributed by atoms with Crippen LogP contribution in [0, 0.1) is 11.2 Å². The first-order valence-electron chi connectivity index (χ1n) is 8.35. The van der Waals surface area contributed by atoms with Crippen LogP contribution in [-0.2, 0) is 5.88 Å². The van der Waals surface area contributed by atoms with Crippen molar-refractivity contribution in [1.82, 2.24) is 4.98 Å². The van der Waals surface area contributed by atoms with Crippen LogP contribution in [0.1, 0.15) is 50.2 Å². The van der Waals surface area contributed by atoms with E-state index in [1.807, 2.05) is 12.1 Å². The van der Waals surface area contributed by atoms with Gasteiger partial charge in [-0.3, -0.25) is 0 Å². The molecule has 128 valence electrons. The largest absolute Gasteiger partial charge is 0.481 e. The van der Waals surface area contributed by atoms with Crippen molar-refractivity contribution in [3.8, 4) is 17.0 Å². The molecule has 24 heavy (non-hydrogen) atoms. The highest BCUT2D eigenvalue weighted by Gasteiger charge is 2.37. The van der Waals surface area contributed by atoms with E-state index < -0.39 is 0 Å². The molecule has 1 aliphatic rings. The second kappa shape index (κ2) is 6.72. The van der Waals surface area contributed by atoms with E-state index in [1.165, 1.54) is 24.6 Å². The van der Waals surface area contributed by atoms with Crippen LogP contribution in [-0.4, -0.2) is 12.1 Å². The third-order valence-electron chi connectivity index (χ3n) is 5.23. The van der Waals surface area contributed by atoms with E-state index in [9.17, 15) is 4.39 Å². The Hall–Kier alpha value is -1.61. The summed E-state index contributed by atoms with van der Waals surface area (Å²) in [5, 5.41) is 0. The summed E-state index contributed by atoms with van der Waals surface area (Å²) in [6, 6.07) is 7.78. The molecule has 1 atom stereocenters. The predicted octanol–water partition coefficient (Wildman–Crippen LogP) is 5.93. The standard InChI is InChI=1S/C20H23ClFNO/c1-20(2)8-4-5-17(20)15-9-13(11-21)6-7-14(15)16-10-19(24-3)23-12-18(16)22/h6-7,9-10,12,17H,4-5,8,11H2,1-3H3/t17-/m0/s1. The fourth-order valence-electron chi connectivity index (χ4n) is 3.87. The number of methoxy groups -OCH3 is 1. The minimum absolute atomic E-state index is 0.202.